The molecule has 1 unspecified atom stereocenters. The van der Waals surface area contributed by atoms with E-state index in [2.05, 4.69) is 10.5 Å². The number of ether oxygens (including phenoxy) is 1. The van der Waals surface area contributed by atoms with E-state index in [0.29, 0.717) is 5.13 Å². The van der Waals surface area contributed by atoms with Crippen LogP contribution in [0.5, 0.6) is 0 Å². The highest BCUT2D eigenvalue weighted by Crippen LogP contribution is 2.22. The number of aliphatic hydroxyl groups excluding tert-OH is 4. The molecule has 0 radical (unpaired) electrons. The molecule has 2 rings (SSSR count). The smallest absolute Gasteiger partial charge is 0.212 e. The van der Waals surface area contributed by atoms with Gasteiger partial charge in [-0.25, -0.2) is 15.3 Å². The Balaban J connectivity index is 1.94. The summed E-state index contributed by atoms with van der Waals surface area (Å²) in [6, 6.07) is 0. The maximum Gasteiger partial charge on any atom is 0.212 e. The first kappa shape index (κ1) is 13.6. The SMILES string of the molecule is OC[C@H]1OC(ONc2nccs2)[C@@H](O)[C@@H](O)[C@@H]1O. The lowest BCUT2D eigenvalue weighted by Gasteiger charge is -2.39. The summed E-state index contributed by atoms with van der Waals surface area (Å²) in [4.78, 5) is 8.92. The molecule has 1 aromatic heterocycles. The minimum absolute atomic E-state index is 0.451. The van der Waals surface area contributed by atoms with Crippen LogP contribution in [0.1, 0.15) is 0 Å². The van der Waals surface area contributed by atoms with Crippen LogP contribution in [0, 0.1) is 0 Å². The second kappa shape index (κ2) is 5.89. The van der Waals surface area contributed by atoms with Gasteiger partial charge >= 0.3 is 0 Å². The lowest BCUT2D eigenvalue weighted by atomic mass is 9.99. The van der Waals surface area contributed by atoms with Crippen molar-refractivity contribution in [3.63, 3.8) is 0 Å². The lowest BCUT2D eigenvalue weighted by Crippen LogP contribution is -2.59. The van der Waals surface area contributed by atoms with Gasteiger partial charge in [0.05, 0.1) is 6.61 Å². The van der Waals surface area contributed by atoms with Crippen molar-refractivity contribution < 1.29 is 30.0 Å². The van der Waals surface area contributed by atoms with E-state index in [1.54, 1.807) is 11.6 Å². The van der Waals surface area contributed by atoms with Crippen LogP contribution in [0.25, 0.3) is 0 Å². The third-order valence-electron chi connectivity index (χ3n) is 2.54. The molecule has 1 saturated heterocycles. The summed E-state index contributed by atoms with van der Waals surface area (Å²) < 4.78 is 5.11. The summed E-state index contributed by atoms with van der Waals surface area (Å²) in [7, 11) is 0. The largest absolute Gasteiger partial charge is 0.394 e. The van der Waals surface area contributed by atoms with E-state index in [-0.39, 0.29) is 0 Å². The van der Waals surface area contributed by atoms with Crippen LogP contribution < -0.4 is 5.48 Å². The van der Waals surface area contributed by atoms with Crippen molar-refractivity contribution in [3.8, 4) is 0 Å². The number of hydrogen-bond donors (Lipinski definition) is 5. The summed E-state index contributed by atoms with van der Waals surface area (Å²) >= 11 is 1.27. The molecule has 0 aliphatic carbocycles. The van der Waals surface area contributed by atoms with Crippen molar-refractivity contribution >= 4 is 16.5 Å². The minimum atomic E-state index is -1.46. The van der Waals surface area contributed by atoms with Crippen LogP contribution in [0.2, 0.25) is 0 Å². The third-order valence-corrected chi connectivity index (χ3v) is 3.21. The first-order valence-electron chi connectivity index (χ1n) is 5.25. The summed E-state index contributed by atoms with van der Waals surface area (Å²) in [5, 5.41) is 39.9. The first-order chi connectivity index (χ1) is 8.63. The molecule has 1 aliphatic heterocycles. The number of hydrogen-bond acceptors (Lipinski definition) is 9. The molecule has 9 heteroatoms. The van der Waals surface area contributed by atoms with Crippen LogP contribution >= 0.6 is 11.3 Å². The molecule has 0 amide bonds. The van der Waals surface area contributed by atoms with E-state index < -0.39 is 37.3 Å². The molecular weight excluding hydrogens is 264 g/mol. The van der Waals surface area contributed by atoms with Gasteiger partial charge in [-0.3, -0.25) is 0 Å². The van der Waals surface area contributed by atoms with E-state index in [4.69, 9.17) is 14.7 Å². The van der Waals surface area contributed by atoms with Crippen LogP contribution in [-0.4, -0.2) is 62.7 Å². The molecule has 0 saturated carbocycles. The molecule has 1 aliphatic rings. The Hall–Kier alpha value is -0.810. The first-order valence-corrected chi connectivity index (χ1v) is 6.13. The Labute approximate surface area is 106 Å². The Morgan fingerprint density at radius 1 is 1.33 bits per heavy atom. The minimum Gasteiger partial charge on any atom is -0.394 e. The fourth-order valence-corrected chi connectivity index (χ4v) is 2.02. The summed E-state index contributed by atoms with van der Waals surface area (Å²) in [6.07, 6.45) is -4.95. The predicted octanol–water partition coefficient (Wildman–Crippen LogP) is -1.71. The molecule has 0 aromatic carbocycles. The second-order valence-corrected chi connectivity index (χ2v) is 4.65. The number of aromatic nitrogens is 1. The maximum atomic E-state index is 9.65. The summed E-state index contributed by atoms with van der Waals surface area (Å²) in [5.74, 6) is 0. The van der Waals surface area contributed by atoms with Crippen molar-refractivity contribution in [1.29, 1.82) is 0 Å². The topological polar surface area (TPSA) is 124 Å². The van der Waals surface area contributed by atoms with Gasteiger partial charge in [0.2, 0.25) is 11.4 Å². The van der Waals surface area contributed by atoms with Gasteiger partial charge in [0.1, 0.15) is 24.4 Å². The van der Waals surface area contributed by atoms with Crippen molar-refractivity contribution in [2.75, 3.05) is 12.1 Å². The van der Waals surface area contributed by atoms with E-state index in [1.807, 2.05) is 0 Å². The fourth-order valence-electron chi connectivity index (χ4n) is 1.55. The van der Waals surface area contributed by atoms with Gasteiger partial charge < -0.3 is 25.2 Å². The normalized spacial score (nSPS) is 36.6. The Bertz CT molecular complexity index is 362. The van der Waals surface area contributed by atoms with Crippen LogP contribution in [-0.2, 0) is 9.57 Å². The zero-order chi connectivity index (χ0) is 13.1. The van der Waals surface area contributed by atoms with E-state index in [1.165, 1.54) is 11.3 Å². The number of aliphatic hydroxyl groups is 4. The Kier molecular flexibility index (Phi) is 4.45. The standard InChI is InChI=1S/C9H14N2O6S/c12-3-4-5(13)6(14)7(15)8(16-4)17-11-9-10-1-2-18-9/h1-2,4-8,12-15H,3H2,(H,10,11)/t4-,5-,6+,7+,8?/m1/s1. The highest BCUT2D eigenvalue weighted by atomic mass is 32.1. The van der Waals surface area contributed by atoms with E-state index in [0.717, 1.165) is 0 Å². The van der Waals surface area contributed by atoms with Crippen molar-refractivity contribution in [2.24, 2.45) is 0 Å². The average Bonchev–Trinajstić information content (AvgIpc) is 2.88. The zero-order valence-corrected chi connectivity index (χ0v) is 10.0. The Morgan fingerprint density at radius 3 is 2.72 bits per heavy atom. The number of rotatable bonds is 4. The van der Waals surface area contributed by atoms with Gasteiger partial charge in [-0.05, 0) is 0 Å². The number of anilines is 1. The number of nitrogens with one attached hydrogen (secondary N) is 1. The molecule has 102 valence electrons. The maximum absolute atomic E-state index is 9.65. The van der Waals surface area contributed by atoms with Crippen molar-refractivity contribution in [1.82, 2.24) is 4.98 Å². The molecule has 2 heterocycles. The van der Waals surface area contributed by atoms with Crippen LogP contribution in [0.4, 0.5) is 5.13 Å². The molecule has 5 atom stereocenters. The molecule has 18 heavy (non-hydrogen) atoms. The molecular formula is C9H14N2O6S. The van der Waals surface area contributed by atoms with Gasteiger partial charge in [-0.1, -0.05) is 0 Å². The van der Waals surface area contributed by atoms with Crippen molar-refractivity contribution in [2.45, 2.75) is 30.7 Å². The summed E-state index contributed by atoms with van der Waals surface area (Å²) in [5.41, 5.74) is 2.45. The second-order valence-electron chi connectivity index (χ2n) is 3.75. The highest BCUT2D eigenvalue weighted by Gasteiger charge is 2.44. The van der Waals surface area contributed by atoms with Crippen LogP contribution in [0.15, 0.2) is 11.6 Å². The van der Waals surface area contributed by atoms with Gasteiger partial charge in [-0.2, -0.15) is 0 Å². The Morgan fingerprint density at radius 2 is 2.11 bits per heavy atom. The van der Waals surface area contributed by atoms with Gasteiger partial charge in [0.15, 0.2) is 0 Å². The van der Waals surface area contributed by atoms with E-state index in [9.17, 15) is 15.3 Å². The number of nitrogens with zero attached hydrogens (tertiary/aromatic N) is 1. The van der Waals surface area contributed by atoms with Gasteiger partial charge in [-0.15, -0.1) is 11.3 Å². The third kappa shape index (κ3) is 2.78. The molecule has 1 aromatic rings. The van der Waals surface area contributed by atoms with Crippen LogP contribution in [0.3, 0.4) is 0 Å². The lowest BCUT2D eigenvalue weighted by molar-refractivity contribution is -0.294. The highest BCUT2D eigenvalue weighted by molar-refractivity contribution is 7.13. The van der Waals surface area contributed by atoms with Gasteiger partial charge in [0.25, 0.3) is 0 Å². The molecule has 5 N–H and O–H groups in total. The quantitative estimate of drug-likeness (QED) is 0.412. The molecule has 0 spiro atoms. The predicted molar refractivity (Wildman–Crippen MR) is 60.6 cm³/mol. The average molecular weight is 278 g/mol. The molecule has 1 fully saturated rings. The number of thiazole rings is 1. The summed E-state index contributed by atoms with van der Waals surface area (Å²) in [6.45, 7) is -0.498. The van der Waals surface area contributed by atoms with Crippen molar-refractivity contribution in [3.05, 3.63) is 11.6 Å². The zero-order valence-electron chi connectivity index (χ0n) is 9.21. The monoisotopic (exact) mass is 278 g/mol. The fraction of sp³-hybridized carbons (Fsp3) is 0.667. The van der Waals surface area contributed by atoms with Gasteiger partial charge in [0, 0.05) is 11.6 Å². The molecule has 8 nitrogen and oxygen atoms in total. The molecule has 0 bridgehead atoms. The van der Waals surface area contributed by atoms with E-state index >= 15 is 0 Å².